The van der Waals surface area contributed by atoms with Gasteiger partial charge in [-0.15, -0.1) is 6.58 Å². The lowest BCUT2D eigenvalue weighted by atomic mass is 9.61. The minimum atomic E-state index is -1.18. The molecule has 1 N–H and O–H groups in total. The van der Waals surface area contributed by atoms with Crippen molar-refractivity contribution in [2.24, 2.45) is 17.3 Å². The molecule has 5 nitrogen and oxygen atoms in total. The van der Waals surface area contributed by atoms with E-state index in [1.165, 1.54) is 13.8 Å². The Labute approximate surface area is 175 Å². The maximum Gasteiger partial charge on any atom is 0.303 e. The van der Waals surface area contributed by atoms with Crippen molar-refractivity contribution in [3.05, 3.63) is 36.5 Å². The molecule has 1 aliphatic carbocycles. The molecule has 0 aromatic carbocycles. The van der Waals surface area contributed by atoms with Crippen molar-refractivity contribution in [2.75, 3.05) is 6.61 Å². The van der Waals surface area contributed by atoms with E-state index < -0.39 is 17.7 Å². The van der Waals surface area contributed by atoms with Crippen molar-refractivity contribution >= 4 is 11.9 Å². The van der Waals surface area contributed by atoms with E-state index in [2.05, 4.69) is 27.0 Å². The Morgan fingerprint density at radius 1 is 1.28 bits per heavy atom. The topological polar surface area (TPSA) is 72.8 Å². The average Bonchev–Trinajstić information content (AvgIpc) is 2.59. The summed E-state index contributed by atoms with van der Waals surface area (Å²) in [7, 11) is 0. The Morgan fingerprint density at radius 2 is 1.90 bits per heavy atom. The van der Waals surface area contributed by atoms with Gasteiger partial charge in [-0.25, -0.2) is 0 Å². The number of rotatable bonds is 9. The van der Waals surface area contributed by atoms with E-state index >= 15 is 0 Å². The van der Waals surface area contributed by atoms with Crippen LogP contribution in [0.2, 0.25) is 0 Å². The normalized spacial score (nSPS) is 26.4. The summed E-state index contributed by atoms with van der Waals surface area (Å²) >= 11 is 0. The van der Waals surface area contributed by atoms with Gasteiger partial charge in [0.25, 0.3) is 0 Å². The molecule has 0 aliphatic heterocycles. The molecule has 1 saturated carbocycles. The predicted octanol–water partition coefficient (Wildman–Crippen LogP) is 4.75. The lowest BCUT2D eigenvalue weighted by molar-refractivity contribution is -0.158. The molecule has 1 fully saturated rings. The van der Waals surface area contributed by atoms with E-state index in [1.807, 2.05) is 12.2 Å². The van der Waals surface area contributed by atoms with E-state index in [-0.39, 0.29) is 29.8 Å². The predicted molar refractivity (Wildman–Crippen MR) is 115 cm³/mol. The second-order valence-electron chi connectivity index (χ2n) is 9.13. The first-order chi connectivity index (χ1) is 13.3. The zero-order chi connectivity index (χ0) is 22.4. The molecule has 5 heteroatoms. The van der Waals surface area contributed by atoms with Gasteiger partial charge in [0.15, 0.2) is 0 Å². The van der Waals surface area contributed by atoms with E-state index in [0.717, 1.165) is 30.4 Å². The molecule has 29 heavy (non-hydrogen) atoms. The van der Waals surface area contributed by atoms with Gasteiger partial charge < -0.3 is 14.6 Å². The summed E-state index contributed by atoms with van der Waals surface area (Å²) in [4.78, 5) is 22.9. The molecule has 0 amide bonds. The number of carbonyl (C=O) groups is 2. The smallest absolute Gasteiger partial charge is 0.303 e. The largest absolute Gasteiger partial charge is 0.461 e. The lowest BCUT2D eigenvalue weighted by Gasteiger charge is -2.44. The molecular formula is C24H38O5. The van der Waals surface area contributed by atoms with Gasteiger partial charge in [-0.3, -0.25) is 9.59 Å². The standard InChI is InChI=1S/C24H38O5/c1-9-24(8)13-12-19(14-21(24)16(2)3)20(15-28-17(4)25)10-11-22(23(6,7)27)29-18(5)26/h9-10,19,21-22,27H,1-2,11-15H2,3-8H3/b20-10+/t19-,21+,22-,24-/m0/s1. The van der Waals surface area contributed by atoms with E-state index in [4.69, 9.17) is 9.47 Å². The van der Waals surface area contributed by atoms with Gasteiger partial charge in [-0.2, -0.15) is 0 Å². The van der Waals surface area contributed by atoms with Crippen LogP contribution in [-0.2, 0) is 19.1 Å². The van der Waals surface area contributed by atoms with E-state index in [1.54, 1.807) is 13.8 Å². The molecule has 0 saturated heterocycles. The fourth-order valence-electron chi connectivity index (χ4n) is 4.14. The van der Waals surface area contributed by atoms with Crippen molar-refractivity contribution in [1.29, 1.82) is 0 Å². The quantitative estimate of drug-likeness (QED) is 0.442. The third-order valence-corrected chi connectivity index (χ3v) is 6.07. The molecule has 0 bridgehead atoms. The minimum absolute atomic E-state index is 0.00222. The Balaban J connectivity index is 3.12. The van der Waals surface area contributed by atoms with Gasteiger partial charge in [0.1, 0.15) is 12.7 Å². The van der Waals surface area contributed by atoms with Gasteiger partial charge in [0, 0.05) is 20.3 Å². The summed E-state index contributed by atoms with van der Waals surface area (Å²) in [6, 6.07) is 0. The number of esters is 2. The summed E-state index contributed by atoms with van der Waals surface area (Å²) in [6.07, 6.45) is 6.48. The zero-order valence-electron chi connectivity index (χ0n) is 18.9. The maximum absolute atomic E-state index is 11.4. The molecule has 4 atom stereocenters. The Hall–Kier alpha value is -1.88. The fourth-order valence-corrected chi connectivity index (χ4v) is 4.14. The van der Waals surface area contributed by atoms with Crippen LogP contribution in [0.1, 0.15) is 67.2 Å². The van der Waals surface area contributed by atoms with Crippen LogP contribution in [0, 0.1) is 17.3 Å². The van der Waals surface area contributed by atoms with Crippen LogP contribution in [0.5, 0.6) is 0 Å². The second-order valence-corrected chi connectivity index (χ2v) is 9.13. The van der Waals surface area contributed by atoms with Gasteiger partial charge >= 0.3 is 11.9 Å². The van der Waals surface area contributed by atoms with E-state index in [9.17, 15) is 14.7 Å². The minimum Gasteiger partial charge on any atom is -0.461 e. The fraction of sp³-hybridized carbons (Fsp3) is 0.667. The van der Waals surface area contributed by atoms with Crippen LogP contribution in [-0.4, -0.2) is 35.4 Å². The molecule has 164 valence electrons. The van der Waals surface area contributed by atoms with Crippen LogP contribution >= 0.6 is 0 Å². The Kier molecular flexibility index (Phi) is 8.88. The first-order valence-corrected chi connectivity index (χ1v) is 10.3. The molecule has 1 aliphatic rings. The molecule has 0 heterocycles. The highest BCUT2D eigenvalue weighted by Crippen LogP contribution is 2.49. The zero-order valence-corrected chi connectivity index (χ0v) is 18.9. The van der Waals surface area contributed by atoms with Crippen LogP contribution in [0.15, 0.2) is 36.5 Å². The molecule has 0 aromatic heterocycles. The summed E-state index contributed by atoms with van der Waals surface area (Å²) in [5.41, 5.74) is 0.947. The molecule has 1 rings (SSSR count). The highest BCUT2D eigenvalue weighted by atomic mass is 16.6. The first-order valence-electron chi connectivity index (χ1n) is 10.3. The van der Waals surface area contributed by atoms with Crippen molar-refractivity contribution < 1.29 is 24.2 Å². The molecule has 0 unspecified atom stereocenters. The Morgan fingerprint density at radius 3 is 2.34 bits per heavy atom. The van der Waals surface area contributed by atoms with Crippen LogP contribution in [0.25, 0.3) is 0 Å². The van der Waals surface area contributed by atoms with E-state index in [0.29, 0.717) is 6.42 Å². The van der Waals surface area contributed by atoms with Crippen LogP contribution in [0.4, 0.5) is 0 Å². The molecule has 0 aromatic rings. The SMILES string of the molecule is C=C[C@@]1(C)CC[C@H](/C(=C/C[C@H](OC(C)=O)C(C)(C)O)COC(C)=O)C[C@@H]1C(=C)C. The monoisotopic (exact) mass is 406 g/mol. The third-order valence-electron chi connectivity index (χ3n) is 6.07. The third kappa shape index (κ3) is 7.46. The van der Waals surface area contributed by atoms with Gasteiger partial charge in [0.05, 0.1) is 5.60 Å². The molecule has 0 spiro atoms. The molecule has 0 radical (unpaired) electrons. The van der Waals surface area contributed by atoms with Crippen molar-refractivity contribution in [2.45, 2.75) is 78.9 Å². The average molecular weight is 407 g/mol. The molecular weight excluding hydrogens is 368 g/mol. The number of hydrogen-bond donors (Lipinski definition) is 1. The van der Waals surface area contributed by atoms with Gasteiger partial charge in [0.2, 0.25) is 0 Å². The lowest BCUT2D eigenvalue weighted by Crippen LogP contribution is -2.39. The van der Waals surface area contributed by atoms with Crippen molar-refractivity contribution in [1.82, 2.24) is 0 Å². The first kappa shape index (κ1) is 25.2. The number of aliphatic hydroxyl groups is 1. The van der Waals surface area contributed by atoms with Crippen molar-refractivity contribution in [3.8, 4) is 0 Å². The van der Waals surface area contributed by atoms with Gasteiger partial charge in [-0.1, -0.05) is 31.2 Å². The van der Waals surface area contributed by atoms with Crippen LogP contribution in [0.3, 0.4) is 0 Å². The summed E-state index contributed by atoms with van der Waals surface area (Å²) in [5.74, 6) is -0.256. The summed E-state index contributed by atoms with van der Waals surface area (Å²) < 4.78 is 10.6. The number of ether oxygens (including phenoxy) is 2. The summed E-state index contributed by atoms with van der Waals surface area (Å²) in [5, 5.41) is 10.4. The second kappa shape index (κ2) is 10.2. The highest BCUT2D eigenvalue weighted by Gasteiger charge is 2.39. The number of hydrogen-bond acceptors (Lipinski definition) is 5. The maximum atomic E-state index is 11.4. The highest BCUT2D eigenvalue weighted by molar-refractivity contribution is 5.66. The summed E-state index contributed by atoms with van der Waals surface area (Å²) in [6.45, 7) is 18.6. The van der Waals surface area contributed by atoms with Crippen molar-refractivity contribution in [3.63, 3.8) is 0 Å². The van der Waals surface area contributed by atoms with Crippen LogP contribution < -0.4 is 0 Å². The Bertz CT molecular complexity index is 655. The number of carbonyl (C=O) groups excluding carboxylic acids is 2. The number of allylic oxidation sites excluding steroid dienone is 2. The van der Waals surface area contributed by atoms with Gasteiger partial charge in [-0.05, 0) is 62.9 Å².